The second-order valence-electron chi connectivity index (χ2n) is 7.05. The van der Waals surface area contributed by atoms with Crippen LogP contribution in [0.4, 0.5) is 0 Å². The highest BCUT2D eigenvalue weighted by molar-refractivity contribution is 5.94. The zero-order valence-corrected chi connectivity index (χ0v) is 14.6. The number of nitrogens with zero attached hydrogens (tertiary/aromatic N) is 2. The van der Waals surface area contributed by atoms with Crippen LogP contribution in [-0.4, -0.2) is 60.9 Å². The molecule has 2 atom stereocenters. The zero-order valence-electron chi connectivity index (χ0n) is 14.6. The quantitative estimate of drug-likeness (QED) is 0.918. The van der Waals surface area contributed by atoms with Crippen molar-refractivity contribution in [2.45, 2.75) is 32.2 Å². The average Bonchev–Trinajstić information content (AvgIpc) is 3.15. The second kappa shape index (κ2) is 7.34. The van der Waals surface area contributed by atoms with Crippen LogP contribution in [0.3, 0.4) is 0 Å². The summed E-state index contributed by atoms with van der Waals surface area (Å²) < 4.78 is 0. The molecule has 5 nitrogen and oxygen atoms in total. The minimum absolute atomic E-state index is 0.0395. The van der Waals surface area contributed by atoms with Crippen molar-refractivity contribution in [3.8, 4) is 0 Å². The molecule has 0 spiro atoms. The first kappa shape index (κ1) is 17.0. The summed E-state index contributed by atoms with van der Waals surface area (Å²) in [6, 6.07) is 7.96. The topological polar surface area (TPSA) is 52.7 Å². The Balaban J connectivity index is 1.64. The monoisotopic (exact) mass is 329 g/mol. The third-order valence-corrected chi connectivity index (χ3v) is 5.29. The van der Waals surface area contributed by atoms with Gasteiger partial charge in [-0.2, -0.15) is 0 Å². The maximum absolute atomic E-state index is 12.8. The molecule has 2 aliphatic heterocycles. The molecule has 2 amide bonds. The Bertz CT molecular complexity index is 593. The predicted molar refractivity (Wildman–Crippen MR) is 93.9 cm³/mol. The molecule has 2 heterocycles. The fourth-order valence-electron chi connectivity index (χ4n) is 3.68. The van der Waals surface area contributed by atoms with Gasteiger partial charge in [0.25, 0.3) is 5.91 Å². The van der Waals surface area contributed by atoms with Gasteiger partial charge in [-0.25, -0.2) is 0 Å². The van der Waals surface area contributed by atoms with E-state index in [-0.39, 0.29) is 17.7 Å². The first-order chi connectivity index (χ1) is 11.6. The molecule has 0 aromatic heterocycles. The third kappa shape index (κ3) is 3.61. The summed E-state index contributed by atoms with van der Waals surface area (Å²) in [4.78, 5) is 29.2. The molecule has 1 aromatic rings. The van der Waals surface area contributed by atoms with Crippen molar-refractivity contribution in [2.75, 3.05) is 33.2 Å². The molecule has 1 N–H and O–H groups in total. The molecular weight excluding hydrogens is 302 g/mol. The molecule has 3 rings (SSSR count). The number of benzene rings is 1. The lowest BCUT2D eigenvalue weighted by Gasteiger charge is -2.35. The van der Waals surface area contributed by atoms with E-state index >= 15 is 0 Å². The van der Waals surface area contributed by atoms with Crippen LogP contribution < -0.4 is 5.32 Å². The molecule has 2 fully saturated rings. The van der Waals surface area contributed by atoms with Crippen LogP contribution in [0.1, 0.15) is 35.2 Å². The Morgan fingerprint density at radius 2 is 1.96 bits per heavy atom. The van der Waals surface area contributed by atoms with E-state index in [1.54, 1.807) is 0 Å². The molecule has 2 saturated heterocycles. The number of hydrogen-bond donors (Lipinski definition) is 1. The van der Waals surface area contributed by atoms with Gasteiger partial charge in [-0.1, -0.05) is 17.7 Å². The minimum atomic E-state index is -0.0706. The van der Waals surface area contributed by atoms with Crippen LogP contribution in [0, 0.1) is 12.8 Å². The number of rotatable bonds is 3. The van der Waals surface area contributed by atoms with E-state index in [2.05, 4.69) is 5.32 Å². The van der Waals surface area contributed by atoms with Crippen molar-refractivity contribution in [1.29, 1.82) is 0 Å². The van der Waals surface area contributed by atoms with Gasteiger partial charge in [-0.05, 0) is 44.9 Å². The largest absolute Gasteiger partial charge is 0.341 e. The number of likely N-dealkylation sites (N-methyl/N-ethyl adjacent to an activating group) is 1. The van der Waals surface area contributed by atoms with Gasteiger partial charge in [-0.15, -0.1) is 0 Å². The minimum Gasteiger partial charge on any atom is -0.341 e. The lowest BCUT2D eigenvalue weighted by molar-refractivity contribution is -0.137. The summed E-state index contributed by atoms with van der Waals surface area (Å²) in [5, 5.41) is 3.31. The average molecular weight is 329 g/mol. The first-order valence-corrected chi connectivity index (χ1v) is 8.89. The molecule has 2 unspecified atom stereocenters. The molecule has 24 heavy (non-hydrogen) atoms. The highest BCUT2D eigenvalue weighted by Gasteiger charge is 2.33. The van der Waals surface area contributed by atoms with Crippen molar-refractivity contribution in [3.63, 3.8) is 0 Å². The number of likely N-dealkylation sites (tertiary alicyclic amines) is 1. The van der Waals surface area contributed by atoms with Crippen molar-refractivity contribution >= 4 is 11.8 Å². The zero-order chi connectivity index (χ0) is 17.1. The fraction of sp³-hybridized carbons (Fsp3) is 0.579. The van der Waals surface area contributed by atoms with Crippen LogP contribution in [0.25, 0.3) is 0 Å². The molecule has 130 valence electrons. The van der Waals surface area contributed by atoms with Crippen molar-refractivity contribution in [1.82, 2.24) is 15.1 Å². The SMILES string of the molecule is Cc1ccc(C(=O)N2CCCC(C(=O)N(C)C3CCNC3)C2)cc1. The molecule has 0 radical (unpaired) electrons. The van der Waals surface area contributed by atoms with Gasteiger partial charge in [-0.3, -0.25) is 9.59 Å². The molecule has 2 aliphatic rings. The Labute approximate surface area is 144 Å². The van der Waals surface area contributed by atoms with Crippen LogP contribution in [0.5, 0.6) is 0 Å². The predicted octanol–water partition coefficient (Wildman–Crippen LogP) is 1.67. The number of amides is 2. The van der Waals surface area contributed by atoms with E-state index in [0.717, 1.165) is 44.5 Å². The maximum Gasteiger partial charge on any atom is 0.253 e. The van der Waals surface area contributed by atoms with Crippen molar-refractivity contribution < 1.29 is 9.59 Å². The molecule has 0 saturated carbocycles. The highest BCUT2D eigenvalue weighted by Crippen LogP contribution is 2.22. The van der Waals surface area contributed by atoms with Crippen molar-refractivity contribution in [2.24, 2.45) is 5.92 Å². The molecular formula is C19H27N3O2. The van der Waals surface area contributed by atoms with Gasteiger partial charge < -0.3 is 15.1 Å². The van der Waals surface area contributed by atoms with Crippen LogP contribution in [0.2, 0.25) is 0 Å². The first-order valence-electron chi connectivity index (χ1n) is 8.89. The summed E-state index contributed by atoms with van der Waals surface area (Å²) in [5.74, 6) is 0.154. The van der Waals surface area contributed by atoms with Crippen molar-refractivity contribution in [3.05, 3.63) is 35.4 Å². The van der Waals surface area contributed by atoms with Gasteiger partial charge in [0, 0.05) is 38.3 Å². The number of piperidine rings is 1. The standard InChI is InChI=1S/C19H27N3O2/c1-14-5-7-15(8-6-14)19(24)22-11-3-4-16(13-22)18(23)21(2)17-9-10-20-12-17/h5-8,16-17,20H,3-4,9-13H2,1-2H3. The normalized spacial score (nSPS) is 24.0. The van der Waals surface area contributed by atoms with Gasteiger partial charge in [0.2, 0.25) is 5.91 Å². The third-order valence-electron chi connectivity index (χ3n) is 5.29. The van der Waals surface area contributed by atoms with Crippen LogP contribution >= 0.6 is 0 Å². The number of aryl methyl sites for hydroxylation is 1. The molecule has 5 heteroatoms. The van der Waals surface area contributed by atoms with E-state index in [9.17, 15) is 9.59 Å². The Hall–Kier alpha value is -1.88. The van der Waals surface area contributed by atoms with Crippen LogP contribution in [-0.2, 0) is 4.79 Å². The highest BCUT2D eigenvalue weighted by atomic mass is 16.2. The van der Waals surface area contributed by atoms with Gasteiger partial charge in [0.1, 0.15) is 0 Å². The second-order valence-corrected chi connectivity index (χ2v) is 7.05. The summed E-state index contributed by atoms with van der Waals surface area (Å²) in [5.41, 5.74) is 1.85. The van der Waals surface area contributed by atoms with Crippen LogP contribution in [0.15, 0.2) is 24.3 Å². The fourth-order valence-corrected chi connectivity index (χ4v) is 3.68. The van der Waals surface area contributed by atoms with Gasteiger partial charge in [0.15, 0.2) is 0 Å². The summed E-state index contributed by atoms with van der Waals surface area (Å²) in [6.07, 6.45) is 2.78. The van der Waals surface area contributed by atoms with E-state index in [4.69, 9.17) is 0 Å². The molecule has 1 aromatic carbocycles. The molecule has 0 aliphatic carbocycles. The summed E-state index contributed by atoms with van der Waals surface area (Å²) in [7, 11) is 1.90. The van der Waals surface area contributed by atoms with E-state index < -0.39 is 0 Å². The summed E-state index contributed by atoms with van der Waals surface area (Å²) in [6.45, 7) is 5.14. The van der Waals surface area contributed by atoms with E-state index in [1.807, 2.05) is 48.0 Å². The smallest absolute Gasteiger partial charge is 0.253 e. The van der Waals surface area contributed by atoms with Gasteiger partial charge in [0.05, 0.1) is 5.92 Å². The summed E-state index contributed by atoms with van der Waals surface area (Å²) >= 11 is 0. The lowest BCUT2D eigenvalue weighted by atomic mass is 9.95. The molecule has 0 bridgehead atoms. The number of hydrogen-bond acceptors (Lipinski definition) is 3. The van der Waals surface area contributed by atoms with Gasteiger partial charge >= 0.3 is 0 Å². The Kier molecular flexibility index (Phi) is 5.19. The van der Waals surface area contributed by atoms with E-state index in [1.165, 1.54) is 0 Å². The van der Waals surface area contributed by atoms with E-state index in [0.29, 0.717) is 18.2 Å². The Morgan fingerprint density at radius 3 is 2.62 bits per heavy atom. The number of carbonyl (C=O) groups is 2. The number of nitrogens with one attached hydrogen (secondary N) is 1. The number of carbonyl (C=O) groups excluding carboxylic acids is 2. The Morgan fingerprint density at radius 1 is 1.21 bits per heavy atom. The maximum atomic E-state index is 12.8. The lowest BCUT2D eigenvalue weighted by Crippen LogP contribution is -2.48.